The summed E-state index contributed by atoms with van der Waals surface area (Å²) in [6.07, 6.45) is 5.52. The maximum absolute atomic E-state index is 15.9. The Morgan fingerprint density at radius 3 is 2.58 bits per heavy atom. The summed E-state index contributed by atoms with van der Waals surface area (Å²) in [5.74, 6) is 0.706. The molecule has 0 saturated carbocycles. The lowest BCUT2D eigenvalue weighted by molar-refractivity contribution is -0.360. The Bertz CT molecular complexity index is 1610. The van der Waals surface area contributed by atoms with Gasteiger partial charge in [-0.1, -0.05) is 30.3 Å². The van der Waals surface area contributed by atoms with E-state index >= 15 is 8.63 Å². The van der Waals surface area contributed by atoms with E-state index in [4.69, 9.17) is 0 Å². The van der Waals surface area contributed by atoms with E-state index in [-0.39, 0.29) is 18.7 Å². The Morgan fingerprint density at radius 2 is 1.84 bits per heavy atom. The fraction of sp³-hybridized carbons (Fsp3) is 0.154. The van der Waals surface area contributed by atoms with Crippen LogP contribution in [0.3, 0.4) is 0 Å². The van der Waals surface area contributed by atoms with Gasteiger partial charge in [0.25, 0.3) is 0 Å². The molecule has 0 aliphatic carbocycles. The number of carbonyl (C=O) groups excluding carboxylic acids is 1. The van der Waals surface area contributed by atoms with Crippen LogP contribution in [0.4, 0.5) is 8.63 Å². The minimum absolute atomic E-state index is 0.0958. The molecule has 190 valence electrons. The second kappa shape index (κ2) is 9.53. The van der Waals surface area contributed by atoms with E-state index in [1.807, 2.05) is 41.8 Å². The Hall–Kier alpha value is -4.32. The number of nitrogens with zero attached hydrogens (tertiary/aromatic N) is 6. The van der Waals surface area contributed by atoms with Crippen LogP contribution in [0.15, 0.2) is 71.8 Å². The van der Waals surface area contributed by atoms with E-state index in [1.165, 1.54) is 11.3 Å². The zero-order valence-electron chi connectivity index (χ0n) is 20.4. The normalized spacial score (nSPS) is 15.3. The highest BCUT2D eigenvalue weighted by atomic mass is 32.1. The quantitative estimate of drug-likeness (QED) is 0.366. The number of amides is 1. The molecule has 1 amide bonds. The summed E-state index contributed by atoms with van der Waals surface area (Å²) < 4.78 is 34.0. The van der Waals surface area contributed by atoms with E-state index in [0.29, 0.717) is 41.0 Å². The zero-order chi connectivity index (χ0) is 26.3. The van der Waals surface area contributed by atoms with Crippen molar-refractivity contribution in [3.8, 4) is 11.4 Å². The van der Waals surface area contributed by atoms with E-state index in [0.717, 1.165) is 25.0 Å². The fourth-order valence-electron chi connectivity index (χ4n) is 4.73. The van der Waals surface area contributed by atoms with E-state index in [2.05, 4.69) is 25.7 Å². The summed E-state index contributed by atoms with van der Waals surface area (Å²) >= 11 is 1.43. The molecular weight excluding hydrogens is 507 g/mol. The number of carbonyl (C=O) groups is 1. The molecule has 1 N–H and O–H groups in total. The van der Waals surface area contributed by atoms with Crippen molar-refractivity contribution >= 4 is 36.0 Å². The molecule has 0 unspecified atom stereocenters. The van der Waals surface area contributed by atoms with Gasteiger partial charge >= 0.3 is 6.97 Å². The van der Waals surface area contributed by atoms with E-state index < -0.39 is 6.97 Å². The highest BCUT2D eigenvalue weighted by Crippen LogP contribution is 2.34. The largest absolute Gasteiger partial charge is 0.737 e. The maximum Gasteiger partial charge on any atom is 0.737 e. The molecule has 38 heavy (non-hydrogen) atoms. The van der Waals surface area contributed by atoms with E-state index in [1.54, 1.807) is 37.3 Å². The standard InChI is InChI=1S/C26H22BF2N7OS/c1-17-31-33-26(34-32-17)19-6-4-18(5-7-19)16-30-25(37)13-11-20-8-9-21-15-22-10-12-23(24-3-2-14-38-24)36(22)27(28,29)35(20)21/h2-10,12,14-15H,11,13,16H2,1H3,(H,30,37). The Morgan fingerprint density at radius 1 is 1.05 bits per heavy atom. The van der Waals surface area contributed by atoms with Crippen molar-refractivity contribution in [2.75, 3.05) is 0 Å². The Labute approximate surface area is 221 Å². The molecule has 2 aliphatic heterocycles. The molecule has 0 fully saturated rings. The van der Waals surface area contributed by atoms with Gasteiger partial charge in [0.2, 0.25) is 11.7 Å². The summed E-state index contributed by atoms with van der Waals surface area (Å²) in [4.78, 5) is 13.4. The van der Waals surface area contributed by atoms with Gasteiger partial charge in [-0.25, -0.2) is 0 Å². The number of aryl methyl sites for hydroxylation is 2. The van der Waals surface area contributed by atoms with Crippen LogP contribution in [-0.4, -0.2) is 47.9 Å². The second-order valence-electron chi connectivity index (χ2n) is 9.09. The van der Waals surface area contributed by atoms with Crippen LogP contribution in [0.1, 0.15) is 34.1 Å². The molecule has 6 rings (SSSR count). The molecule has 12 heteroatoms. The monoisotopic (exact) mass is 529 g/mol. The van der Waals surface area contributed by atoms with Crippen molar-refractivity contribution in [2.24, 2.45) is 0 Å². The van der Waals surface area contributed by atoms with Gasteiger partial charge < -0.3 is 22.9 Å². The summed E-state index contributed by atoms with van der Waals surface area (Å²) in [6.45, 7) is -2.07. The van der Waals surface area contributed by atoms with Crippen molar-refractivity contribution in [1.82, 2.24) is 30.2 Å². The molecule has 3 aromatic heterocycles. The third-order valence-corrected chi connectivity index (χ3v) is 7.46. The third-order valence-electron chi connectivity index (χ3n) is 6.56. The molecule has 4 aromatic rings. The molecule has 0 radical (unpaired) electrons. The number of fused-ring (bicyclic) bond motifs is 2. The summed E-state index contributed by atoms with van der Waals surface area (Å²) in [5.41, 5.74) is 3.49. The number of rotatable bonds is 7. The number of benzene rings is 1. The first kappa shape index (κ1) is 24.0. The van der Waals surface area contributed by atoms with Crippen molar-refractivity contribution in [3.63, 3.8) is 0 Å². The second-order valence-corrected chi connectivity index (χ2v) is 10.0. The van der Waals surface area contributed by atoms with Crippen molar-refractivity contribution in [1.29, 1.82) is 0 Å². The van der Waals surface area contributed by atoms with Crippen LogP contribution in [0.5, 0.6) is 0 Å². The average molecular weight is 529 g/mol. The number of hydrogen-bond acceptors (Lipinski definition) is 6. The fourth-order valence-corrected chi connectivity index (χ4v) is 5.47. The van der Waals surface area contributed by atoms with Crippen LogP contribution in [-0.2, 0) is 17.8 Å². The van der Waals surface area contributed by atoms with E-state index in [9.17, 15) is 4.79 Å². The third kappa shape index (κ3) is 4.36. The number of hydrogen-bond donors (Lipinski definition) is 1. The van der Waals surface area contributed by atoms with Crippen molar-refractivity contribution < 1.29 is 17.9 Å². The van der Waals surface area contributed by atoms with Crippen LogP contribution in [0.25, 0.3) is 17.5 Å². The van der Waals surface area contributed by atoms with Gasteiger partial charge in [-0.15, -0.1) is 31.7 Å². The van der Waals surface area contributed by atoms with Crippen molar-refractivity contribution in [3.05, 3.63) is 99.4 Å². The molecule has 0 bridgehead atoms. The SMILES string of the molecule is Cc1nnc(-c2ccc(CNC(=O)CCc3ccc4n3[B-](F)(F)[N+]3=C(c5cccs5)C=CC3=C4)cc2)nn1. The van der Waals surface area contributed by atoms with Gasteiger partial charge in [0.15, 0.2) is 17.2 Å². The number of nitrogens with one attached hydrogen (secondary N) is 1. The zero-order valence-corrected chi connectivity index (χ0v) is 21.2. The van der Waals surface area contributed by atoms with Gasteiger partial charge in [-0.05, 0) is 48.2 Å². The lowest BCUT2D eigenvalue weighted by Gasteiger charge is -2.30. The minimum Gasteiger partial charge on any atom is -0.394 e. The maximum atomic E-state index is 15.9. The minimum atomic E-state index is -4.11. The summed E-state index contributed by atoms with van der Waals surface area (Å²) in [6, 6.07) is 14.5. The topological polar surface area (TPSA) is 88.6 Å². The summed E-state index contributed by atoms with van der Waals surface area (Å²) in [7, 11) is 0. The Kier molecular flexibility index (Phi) is 6.03. The lowest BCUT2D eigenvalue weighted by Crippen LogP contribution is -2.50. The van der Waals surface area contributed by atoms with Crippen LogP contribution in [0, 0.1) is 6.92 Å². The van der Waals surface area contributed by atoms with Gasteiger partial charge in [-0.2, -0.15) is 0 Å². The Balaban J connectivity index is 1.11. The molecule has 0 saturated heterocycles. The van der Waals surface area contributed by atoms with Gasteiger partial charge in [-0.3, -0.25) is 4.79 Å². The molecule has 0 atom stereocenters. The van der Waals surface area contributed by atoms with Crippen LogP contribution < -0.4 is 5.32 Å². The predicted molar refractivity (Wildman–Crippen MR) is 142 cm³/mol. The van der Waals surface area contributed by atoms with Gasteiger partial charge in [0.1, 0.15) is 0 Å². The highest BCUT2D eigenvalue weighted by molar-refractivity contribution is 7.12. The number of thiophene rings is 1. The van der Waals surface area contributed by atoms with Crippen molar-refractivity contribution in [2.45, 2.75) is 26.3 Å². The first-order chi connectivity index (χ1) is 18.4. The van der Waals surface area contributed by atoms with Crippen LogP contribution >= 0.6 is 11.3 Å². The summed E-state index contributed by atoms with van der Waals surface area (Å²) in [5, 5.41) is 20.6. The smallest absolute Gasteiger partial charge is 0.394 e. The molecule has 5 heterocycles. The molecule has 1 aromatic carbocycles. The lowest BCUT2D eigenvalue weighted by atomic mass is 9.90. The molecule has 0 spiro atoms. The highest BCUT2D eigenvalue weighted by Gasteiger charge is 2.52. The first-order valence-electron chi connectivity index (χ1n) is 12.1. The average Bonchev–Trinajstić information content (AvgIpc) is 3.67. The molecule has 2 aliphatic rings. The first-order valence-corrected chi connectivity index (χ1v) is 13.0. The van der Waals surface area contributed by atoms with Gasteiger partial charge in [0.05, 0.1) is 4.88 Å². The molecule has 8 nitrogen and oxygen atoms in total. The number of allylic oxidation sites excluding steroid dienone is 2. The molecular formula is C26H22BF2N7OS. The van der Waals surface area contributed by atoms with Gasteiger partial charge in [0, 0.05) is 42.5 Å². The van der Waals surface area contributed by atoms with Crippen LogP contribution in [0.2, 0.25) is 0 Å². The predicted octanol–water partition coefficient (Wildman–Crippen LogP) is 4.00. The number of halogens is 2. The number of aromatic nitrogens is 5.